The number of hydrogen-bond acceptors (Lipinski definition) is 4. The summed E-state index contributed by atoms with van der Waals surface area (Å²) in [6.45, 7) is 8.17. The van der Waals surface area contributed by atoms with Gasteiger partial charge in [-0.1, -0.05) is 0 Å². The second-order valence-electron chi connectivity index (χ2n) is 4.81. The van der Waals surface area contributed by atoms with Crippen molar-refractivity contribution in [2.45, 2.75) is 45.8 Å². The van der Waals surface area contributed by atoms with Gasteiger partial charge in [-0.15, -0.1) is 0 Å². The average Bonchev–Trinajstić information content (AvgIpc) is 2.63. The Hall–Kier alpha value is -1.36. The molecule has 1 heterocycles. The fourth-order valence-corrected chi connectivity index (χ4v) is 1.15. The molecule has 0 saturated carbocycles. The Morgan fingerprint density at radius 2 is 2.25 bits per heavy atom. The van der Waals surface area contributed by atoms with Crippen LogP contribution < -0.4 is 10.6 Å². The van der Waals surface area contributed by atoms with E-state index in [0.717, 1.165) is 5.76 Å². The summed E-state index contributed by atoms with van der Waals surface area (Å²) in [5, 5.41) is 5.96. The number of nitrogens with one attached hydrogen (secondary N) is 2. The molecule has 1 atom stereocenters. The van der Waals surface area contributed by atoms with Crippen molar-refractivity contribution in [1.82, 2.24) is 15.6 Å². The molecule has 0 aliphatic heterocycles. The van der Waals surface area contributed by atoms with Gasteiger partial charge in [0.05, 0.1) is 18.8 Å². The number of carbonyl (C=O) groups excluding carboxylic acids is 1. The number of nitrogens with zero attached hydrogens (tertiary/aromatic N) is 1. The van der Waals surface area contributed by atoms with Gasteiger partial charge in [-0.05, 0) is 27.7 Å². The van der Waals surface area contributed by atoms with E-state index < -0.39 is 0 Å². The first kappa shape index (κ1) is 12.7. The van der Waals surface area contributed by atoms with Crippen LogP contribution in [0.5, 0.6) is 0 Å². The Morgan fingerprint density at radius 3 is 2.75 bits per heavy atom. The van der Waals surface area contributed by atoms with Gasteiger partial charge in [0.15, 0.2) is 6.39 Å². The van der Waals surface area contributed by atoms with Gasteiger partial charge in [0.25, 0.3) is 0 Å². The standard InChI is InChI=1S/C11H19N3O2/c1-8(10(15)14-11(2,3)4)13-6-9-5-12-7-16-9/h5,7-8,13H,6H2,1-4H3,(H,14,15). The molecule has 1 rings (SSSR count). The lowest BCUT2D eigenvalue weighted by atomic mass is 10.1. The highest BCUT2D eigenvalue weighted by Gasteiger charge is 2.18. The lowest BCUT2D eigenvalue weighted by Gasteiger charge is -2.23. The number of hydrogen-bond donors (Lipinski definition) is 2. The Morgan fingerprint density at radius 1 is 1.56 bits per heavy atom. The topological polar surface area (TPSA) is 67.2 Å². The third kappa shape index (κ3) is 4.44. The minimum absolute atomic E-state index is 0.0213. The molecule has 5 nitrogen and oxygen atoms in total. The molecule has 0 saturated heterocycles. The number of carbonyl (C=O) groups is 1. The van der Waals surface area contributed by atoms with E-state index in [1.54, 1.807) is 6.20 Å². The summed E-state index contributed by atoms with van der Waals surface area (Å²) in [5.74, 6) is 0.697. The zero-order valence-corrected chi connectivity index (χ0v) is 10.2. The fraction of sp³-hybridized carbons (Fsp3) is 0.636. The van der Waals surface area contributed by atoms with E-state index in [9.17, 15) is 4.79 Å². The van der Waals surface area contributed by atoms with E-state index in [2.05, 4.69) is 15.6 Å². The SMILES string of the molecule is CC(NCc1cnco1)C(=O)NC(C)(C)C. The van der Waals surface area contributed by atoms with Gasteiger partial charge in [0.1, 0.15) is 5.76 Å². The molecule has 1 amide bonds. The predicted octanol–water partition coefficient (Wildman–Crippen LogP) is 1.07. The largest absolute Gasteiger partial charge is 0.447 e. The molecule has 1 aromatic heterocycles. The Bertz CT molecular complexity index is 327. The molecule has 90 valence electrons. The van der Waals surface area contributed by atoms with Crippen molar-refractivity contribution in [3.8, 4) is 0 Å². The molecule has 0 aliphatic rings. The molecule has 1 unspecified atom stereocenters. The van der Waals surface area contributed by atoms with Crippen LogP contribution in [-0.2, 0) is 11.3 Å². The summed E-state index contributed by atoms with van der Waals surface area (Å²) in [6, 6.07) is -0.260. The first-order valence-electron chi connectivity index (χ1n) is 5.31. The van der Waals surface area contributed by atoms with Crippen LogP contribution in [0.3, 0.4) is 0 Å². The summed E-state index contributed by atoms with van der Waals surface area (Å²) in [6.07, 6.45) is 3.00. The Balaban J connectivity index is 2.35. The molecule has 2 N–H and O–H groups in total. The van der Waals surface area contributed by atoms with Gasteiger partial charge in [0, 0.05) is 5.54 Å². The van der Waals surface area contributed by atoms with Gasteiger partial charge in [-0.2, -0.15) is 0 Å². The molecule has 0 fully saturated rings. The highest BCUT2D eigenvalue weighted by Crippen LogP contribution is 2.00. The molecular weight excluding hydrogens is 206 g/mol. The van der Waals surface area contributed by atoms with Crippen molar-refractivity contribution in [3.63, 3.8) is 0 Å². The van der Waals surface area contributed by atoms with Crippen LogP contribution in [0.2, 0.25) is 0 Å². The molecule has 1 aromatic rings. The lowest BCUT2D eigenvalue weighted by molar-refractivity contribution is -0.124. The van der Waals surface area contributed by atoms with Crippen molar-refractivity contribution in [2.24, 2.45) is 0 Å². The molecule has 0 radical (unpaired) electrons. The van der Waals surface area contributed by atoms with E-state index in [1.165, 1.54) is 6.39 Å². The maximum absolute atomic E-state index is 11.7. The van der Waals surface area contributed by atoms with Crippen molar-refractivity contribution < 1.29 is 9.21 Å². The minimum atomic E-state index is -0.260. The van der Waals surface area contributed by atoms with Crippen LogP contribution in [0.4, 0.5) is 0 Å². The summed E-state index contributed by atoms with van der Waals surface area (Å²) in [4.78, 5) is 15.5. The molecule has 0 spiro atoms. The number of oxazole rings is 1. The van der Waals surface area contributed by atoms with Crippen molar-refractivity contribution in [2.75, 3.05) is 0 Å². The molecule has 16 heavy (non-hydrogen) atoms. The zero-order valence-electron chi connectivity index (χ0n) is 10.2. The number of amides is 1. The van der Waals surface area contributed by atoms with Crippen LogP contribution in [0, 0.1) is 0 Å². The van der Waals surface area contributed by atoms with Crippen LogP contribution >= 0.6 is 0 Å². The molecule has 0 bridgehead atoms. The first-order chi connectivity index (χ1) is 7.38. The van der Waals surface area contributed by atoms with Gasteiger partial charge in [-0.25, -0.2) is 4.98 Å². The van der Waals surface area contributed by atoms with Crippen molar-refractivity contribution in [3.05, 3.63) is 18.4 Å². The van der Waals surface area contributed by atoms with E-state index >= 15 is 0 Å². The maximum atomic E-state index is 11.7. The highest BCUT2D eigenvalue weighted by molar-refractivity contribution is 5.81. The second kappa shape index (κ2) is 5.12. The van der Waals surface area contributed by atoms with Crippen molar-refractivity contribution in [1.29, 1.82) is 0 Å². The maximum Gasteiger partial charge on any atom is 0.237 e. The smallest absolute Gasteiger partial charge is 0.237 e. The van der Waals surface area contributed by atoms with Crippen LogP contribution in [0.15, 0.2) is 17.0 Å². The van der Waals surface area contributed by atoms with Gasteiger partial charge < -0.3 is 9.73 Å². The highest BCUT2D eigenvalue weighted by atomic mass is 16.3. The zero-order chi connectivity index (χ0) is 12.2. The van der Waals surface area contributed by atoms with Crippen LogP contribution in [0.1, 0.15) is 33.5 Å². The number of aromatic nitrogens is 1. The van der Waals surface area contributed by atoms with Gasteiger partial charge >= 0.3 is 0 Å². The molecular formula is C11H19N3O2. The van der Waals surface area contributed by atoms with Crippen LogP contribution in [0.25, 0.3) is 0 Å². The summed E-state index contributed by atoms with van der Waals surface area (Å²) >= 11 is 0. The molecule has 0 aromatic carbocycles. The van der Waals surface area contributed by atoms with Crippen molar-refractivity contribution >= 4 is 5.91 Å². The third-order valence-electron chi connectivity index (χ3n) is 1.96. The Kier molecular flexibility index (Phi) is 4.06. The summed E-state index contributed by atoms with van der Waals surface area (Å²) < 4.78 is 5.06. The van der Waals surface area contributed by atoms with E-state index in [4.69, 9.17) is 4.42 Å². The fourth-order valence-electron chi connectivity index (χ4n) is 1.15. The normalized spacial score (nSPS) is 13.5. The lowest BCUT2D eigenvalue weighted by Crippen LogP contribution is -2.49. The molecule has 0 aliphatic carbocycles. The number of rotatable bonds is 4. The first-order valence-corrected chi connectivity index (χ1v) is 5.31. The third-order valence-corrected chi connectivity index (χ3v) is 1.96. The van der Waals surface area contributed by atoms with E-state index in [0.29, 0.717) is 6.54 Å². The van der Waals surface area contributed by atoms with E-state index in [1.807, 2.05) is 27.7 Å². The predicted molar refractivity (Wildman–Crippen MR) is 60.7 cm³/mol. The average molecular weight is 225 g/mol. The monoisotopic (exact) mass is 225 g/mol. The second-order valence-corrected chi connectivity index (χ2v) is 4.81. The summed E-state index contributed by atoms with van der Waals surface area (Å²) in [5.41, 5.74) is -0.209. The Labute approximate surface area is 95.6 Å². The summed E-state index contributed by atoms with van der Waals surface area (Å²) in [7, 11) is 0. The minimum Gasteiger partial charge on any atom is -0.447 e. The molecule has 5 heteroatoms. The van der Waals surface area contributed by atoms with E-state index in [-0.39, 0.29) is 17.5 Å². The van der Waals surface area contributed by atoms with Gasteiger partial charge in [0.2, 0.25) is 5.91 Å². The quantitative estimate of drug-likeness (QED) is 0.804. The van der Waals surface area contributed by atoms with Crippen LogP contribution in [-0.4, -0.2) is 22.5 Å². The van der Waals surface area contributed by atoms with Gasteiger partial charge in [-0.3, -0.25) is 10.1 Å².